The lowest BCUT2D eigenvalue weighted by atomic mass is 10.2. The third-order valence-corrected chi connectivity index (χ3v) is 1.98. The molecule has 0 aliphatic heterocycles. The molecular weight excluding hydrogens is 184 g/mol. The van der Waals surface area contributed by atoms with Crippen molar-refractivity contribution >= 4 is 6.29 Å². The number of carbonyl (C=O) groups is 1. The van der Waals surface area contributed by atoms with Gasteiger partial charge in [-0.3, -0.25) is 0 Å². The number of hydrogen-bond acceptors (Lipinski definition) is 1. The lowest BCUT2D eigenvalue weighted by Gasteiger charge is -1.89. The van der Waals surface area contributed by atoms with Crippen molar-refractivity contribution in [3.63, 3.8) is 0 Å². The normalized spacial score (nSPS) is 12.1. The highest BCUT2D eigenvalue weighted by Gasteiger charge is 1.80. The number of rotatable bonds is 9. The molecule has 0 aromatic heterocycles. The summed E-state index contributed by atoms with van der Waals surface area (Å²) in [5.41, 5.74) is 0. The van der Waals surface area contributed by atoms with Crippen LogP contribution in [0, 0.1) is 0 Å². The van der Waals surface area contributed by atoms with E-state index in [0.29, 0.717) is 6.42 Å². The molecule has 84 valence electrons. The molecule has 1 heteroatoms. The molecule has 0 bridgehead atoms. The Bertz CT molecular complexity index is 211. The molecule has 0 aliphatic carbocycles. The van der Waals surface area contributed by atoms with Crippen molar-refractivity contribution in [3.8, 4) is 0 Å². The molecule has 0 saturated heterocycles. The van der Waals surface area contributed by atoms with Gasteiger partial charge in [-0.15, -0.1) is 0 Å². The molecule has 0 fully saturated rings. The molecule has 0 radical (unpaired) electrons. The summed E-state index contributed by atoms with van der Waals surface area (Å²) in [5, 5.41) is 0. The fourth-order valence-electron chi connectivity index (χ4n) is 1.18. The zero-order chi connectivity index (χ0) is 11.2. The summed E-state index contributed by atoms with van der Waals surface area (Å²) in [7, 11) is 0. The van der Waals surface area contributed by atoms with E-state index in [0.717, 1.165) is 32.0 Å². The van der Waals surface area contributed by atoms with Crippen molar-refractivity contribution < 1.29 is 4.79 Å². The summed E-state index contributed by atoms with van der Waals surface area (Å²) >= 11 is 0. The van der Waals surface area contributed by atoms with Gasteiger partial charge >= 0.3 is 0 Å². The topological polar surface area (TPSA) is 17.1 Å². The van der Waals surface area contributed by atoms with Crippen LogP contribution in [0.1, 0.15) is 45.4 Å². The largest absolute Gasteiger partial charge is 0.303 e. The van der Waals surface area contributed by atoms with Crippen LogP contribution in [0.4, 0.5) is 0 Å². The van der Waals surface area contributed by atoms with E-state index in [4.69, 9.17) is 0 Å². The van der Waals surface area contributed by atoms with E-state index in [2.05, 4.69) is 37.3 Å². The van der Waals surface area contributed by atoms with Gasteiger partial charge in [0, 0.05) is 6.42 Å². The monoisotopic (exact) mass is 206 g/mol. The van der Waals surface area contributed by atoms with Gasteiger partial charge in [-0.1, -0.05) is 43.4 Å². The first-order chi connectivity index (χ1) is 7.41. The van der Waals surface area contributed by atoms with Gasteiger partial charge in [0.1, 0.15) is 6.29 Å². The maximum atomic E-state index is 10.00. The zero-order valence-corrected chi connectivity index (χ0v) is 9.69. The van der Waals surface area contributed by atoms with Crippen LogP contribution in [0.2, 0.25) is 0 Å². The zero-order valence-electron chi connectivity index (χ0n) is 9.69. The van der Waals surface area contributed by atoms with Crippen LogP contribution >= 0.6 is 0 Å². The van der Waals surface area contributed by atoms with Crippen LogP contribution in [0.3, 0.4) is 0 Å². The highest BCUT2D eigenvalue weighted by Crippen LogP contribution is 1.99. The lowest BCUT2D eigenvalue weighted by Crippen LogP contribution is -1.71. The smallest absolute Gasteiger partial charge is 0.123 e. The van der Waals surface area contributed by atoms with Gasteiger partial charge in [0.25, 0.3) is 0 Å². The minimum atomic E-state index is 0.553. The van der Waals surface area contributed by atoms with E-state index in [1.807, 2.05) is 6.08 Å². The molecule has 0 N–H and O–H groups in total. The summed E-state index contributed by atoms with van der Waals surface area (Å²) in [6.45, 7) is 2.14. The SMILES string of the molecule is CCC=CCC=CCCCC=CCC=O. The number of hydrogen-bond donors (Lipinski definition) is 0. The summed E-state index contributed by atoms with van der Waals surface area (Å²) < 4.78 is 0. The minimum Gasteiger partial charge on any atom is -0.303 e. The molecule has 0 aromatic rings. The first-order valence-electron chi connectivity index (χ1n) is 5.80. The quantitative estimate of drug-likeness (QED) is 0.314. The molecule has 0 spiro atoms. The Morgan fingerprint density at radius 3 is 2.00 bits per heavy atom. The molecule has 0 atom stereocenters. The third-order valence-electron chi connectivity index (χ3n) is 1.98. The van der Waals surface area contributed by atoms with Crippen molar-refractivity contribution in [2.45, 2.75) is 45.4 Å². The van der Waals surface area contributed by atoms with Crippen molar-refractivity contribution in [1.82, 2.24) is 0 Å². The van der Waals surface area contributed by atoms with Crippen LogP contribution in [-0.2, 0) is 4.79 Å². The predicted octanol–water partition coefficient (Wildman–Crippen LogP) is 4.21. The first-order valence-corrected chi connectivity index (χ1v) is 5.80. The fraction of sp³-hybridized carbons (Fsp3) is 0.500. The molecule has 0 heterocycles. The lowest BCUT2D eigenvalue weighted by molar-refractivity contribution is -0.107. The Morgan fingerprint density at radius 1 is 0.800 bits per heavy atom. The Kier molecular flexibility index (Phi) is 11.9. The number of aldehydes is 1. The molecule has 15 heavy (non-hydrogen) atoms. The molecular formula is C14H22O. The molecule has 0 amide bonds. The highest BCUT2D eigenvalue weighted by atomic mass is 16.1. The van der Waals surface area contributed by atoms with Gasteiger partial charge in [0.15, 0.2) is 0 Å². The number of allylic oxidation sites excluding steroid dienone is 6. The molecule has 0 aromatic carbocycles. The van der Waals surface area contributed by atoms with Gasteiger partial charge in [-0.05, 0) is 32.1 Å². The van der Waals surface area contributed by atoms with Gasteiger partial charge in [0.2, 0.25) is 0 Å². The minimum absolute atomic E-state index is 0.553. The molecule has 0 rings (SSSR count). The Labute approximate surface area is 93.6 Å². The van der Waals surface area contributed by atoms with Crippen LogP contribution in [0.15, 0.2) is 36.5 Å². The van der Waals surface area contributed by atoms with E-state index in [1.165, 1.54) is 6.42 Å². The summed E-state index contributed by atoms with van der Waals surface area (Å²) in [4.78, 5) is 10.00. The summed E-state index contributed by atoms with van der Waals surface area (Å²) in [6, 6.07) is 0. The van der Waals surface area contributed by atoms with E-state index >= 15 is 0 Å². The average Bonchev–Trinajstić information content (AvgIpc) is 2.26. The Hall–Kier alpha value is -1.11. The Morgan fingerprint density at radius 2 is 1.40 bits per heavy atom. The van der Waals surface area contributed by atoms with Crippen molar-refractivity contribution in [2.24, 2.45) is 0 Å². The second kappa shape index (κ2) is 12.9. The van der Waals surface area contributed by atoms with Crippen LogP contribution in [0.5, 0.6) is 0 Å². The Balaban J connectivity index is 3.22. The third kappa shape index (κ3) is 12.9. The summed E-state index contributed by atoms with van der Waals surface area (Å²) in [5.74, 6) is 0. The second-order valence-corrected chi connectivity index (χ2v) is 3.39. The van der Waals surface area contributed by atoms with Crippen LogP contribution in [0.25, 0.3) is 0 Å². The maximum Gasteiger partial charge on any atom is 0.123 e. The van der Waals surface area contributed by atoms with Crippen molar-refractivity contribution in [3.05, 3.63) is 36.5 Å². The van der Waals surface area contributed by atoms with E-state index in [1.54, 1.807) is 0 Å². The highest BCUT2D eigenvalue weighted by molar-refractivity contribution is 5.51. The van der Waals surface area contributed by atoms with Gasteiger partial charge in [-0.25, -0.2) is 0 Å². The van der Waals surface area contributed by atoms with Gasteiger partial charge in [0.05, 0.1) is 0 Å². The predicted molar refractivity (Wildman–Crippen MR) is 66.9 cm³/mol. The molecule has 1 nitrogen and oxygen atoms in total. The van der Waals surface area contributed by atoms with E-state index in [9.17, 15) is 4.79 Å². The van der Waals surface area contributed by atoms with E-state index in [-0.39, 0.29) is 0 Å². The van der Waals surface area contributed by atoms with Gasteiger partial charge < -0.3 is 4.79 Å². The molecule has 0 unspecified atom stereocenters. The second-order valence-electron chi connectivity index (χ2n) is 3.39. The maximum absolute atomic E-state index is 10.00. The van der Waals surface area contributed by atoms with Gasteiger partial charge in [-0.2, -0.15) is 0 Å². The molecule has 0 aliphatic rings. The molecule has 0 saturated carbocycles. The first kappa shape index (κ1) is 13.9. The number of carbonyl (C=O) groups excluding carboxylic acids is 1. The van der Waals surface area contributed by atoms with Crippen molar-refractivity contribution in [1.29, 1.82) is 0 Å². The van der Waals surface area contributed by atoms with E-state index < -0.39 is 0 Å². The fourth-order valence-corrected chi connectivity index (χ4v) is 1.18. The van der Waals surface area contributed by atoms with Crippen LogP contribution in [-0.4, -0.2) is 6.29 Å². The van der Waals surface area contributed by atoms with Crippen LogP contribution < -0.4 is 0 Å². The average molecular weight is 206 g/mol. The van der Waals surface area contributed by atoms with Crippen molar-refractivity contribution in [2.75, 3.05) is 0 Å². The summed E-state index contributed by atoms with van der Waals surface area (Å²) in [6.07, 6.45) is 19.9. The standard InChI is InChI=1S/C14H22O/c1-2-3-4-5-6-7-8-9-10-11-12-13-14-15/h3-4,6-7,11-12,14H,2,5,8-10,13H2,1H3. The number of unbranched alkanes of at least 4 members (excludes halogenated alkanes) is 2.